The summed E-state index contributed by atoms with van der Waals surface area (Å²) in [5.74, 6) is 0. The SMILES string of the molecule is CCCCCCCCCCCCCCCCCO[Si](C)(c1ccccc1)c1ccccc1. The third-order valence-electron chi connectivity index (χ3n) is 6.79. The fourth-order valence-corrected chi connectivity index (χ4v) is 7.47. The average Bonchev–Trinajstić information content (AvgIpc) is 2.84. The first-order valence-electron chi connectivity index (χ1n) is 13.5. The molecule has 0 unspecified atom stereocenters. The van der Waals surface area contributed by atoms with Crippen molar-refractivity contribution < 1.29 is 4.43 Å². The van der Waals surface area contributed by atoms with Gasteiger partial charge in [0.2, 0.25) is 0 Å². The third kappa shape index (κ3) is 10.5. The summed E-state index contributed by atoms with van der Waals surface area (Å²) in [5.41, 5.74) is 0. The van der Waals surface area contributed by atoms with Gasteiger partial charge in [0.25, 0.3) is 8.32 Å². The second-order valence-corrected chi connectivity index (χ2v) is 13.1. The van der Waals surface area contributed by atoms with Gasteiger partial charge in [-0.05, 0) is 23.3 Å². The number of rotatable bonds is 19. The molecule has 0 aromatic heterocycles. The van der Waals surface area contributed by atoms with E-state index in [4.69, 9.17) is 4.43 Å². The highest BCUT2D eigenvalue weighted by Crippen LogP contribution is 2.14. The Morgan fingerprint density at radius 2 is 0.844 bits per heavy atom. The lowest BCUT2D eigenvalue weighted by atomic mass is 10.0. The predicted molar refractivity (Wildman–Crippen MR) is 145 cm³/mol. The molecule has 2 aromatic rings. The van der Waals surface area contributed by atoms with E-state index in [1.54, 1.807) is 0 Å². The monoisotopic (exact) mass is 452 g/mol. The van der Waals surface area contributed by atoms with E-state index >= 15 is 0 Å². The summed E-state index contributed by atoms with van der Waals surface area (Å²) in [6.45, 7) is 5.52. The molecule has 0 saturated carbocycles. The fourth-order valence-electron chi connectivity index (χ4n) is 4.60. The zero-order valence-electron chi connectivity index (χ0n) is 21.0. The van der Waals surface area contributed by atoms with Gasteiger partial charge in [0.1, 0.15) is 0 Å². The van der Waals surface area contributed by atoms with Crippen molar-refractivity contribution in [2.45, 2.75) is 110 Å². The van der Waals surface area contributed by atoms with Crippen molar-refractivity contribution in [2.75, 3.05) is 6.61 Å². The summed E-state index contributed by atoms with van der Waals surface area (Å²) >= 11 is 0. The van der Waals surface area contributed by atoms with Crippen LogP contribution in [-0.2, 0) is 4.43 Å². The van der Waals surface area contributed by atoms with E-state index in [1.165, 1.54) is 107 Å². The maximum absolute atomic E-state index is 6.65. The Morgan fingerprint density at radius 1 is 0.500 bits per heavy atom. The van der Waals surface area contributed by atoms with Crippen LogP contribution in [0.2, 0.25) is 6.55 Å². The highest BCUT2D eigenvalue weighted by atomic mass is 28.4. The lowest BCUT2D eigenvalue weighted by molar-refractivity contribution is 0.305. The van der Waals surface area contributed by atoms with E-state index in [-0.39, 0.29) is 0 Å². The van der Waals surface area contributed by atoms with Crippen LogP contribution in [0, 0.1) is 0 Å². The molecule has 0 aliphatic heterocycles. The minimum atomic E-state index is -2.11. The standard InChI is InChI=1S/C30H48OSi/c1-3-4-5-6-7-8-9-10-11-12-13-14-15-16-23-28-31-32(2,29-24-19-17-20-25-29)30-26-21-18-22-27-30/h17-22,24-27H,3-16,23,28H2,1-2H3. The molecule has 0 amide bonds. The number of hydrogen-bond acceptors (Lipinski definition) is 1. The minimum absolute atomic E-state index is 0.880. The van der Waals surface area contributed by atoms with Crippen LogP contribution < -0.4 is 10.4 Å². The summed E-state index contributed by atoms with van der Waals surface area (Å²) < 4.78 is 6.65. The van der Waals surface area contributed by atoms with Crippen LogP contribution in [-0.4, -0.2) is 14.9 Å². The molecule has 2 rings (SSSR count). The normalized spacial score (nSPS) is 11.7. The molecular weight excluding hydrogens is 404 g/mol. The van der Waals surface area contributed by atoms with Crippen LogP contribution >= 0.6 is 0 Å². The van der Waals surface area contributed by atoms with Crippen molar-refractivity contribution in [3.63, 3.8) is 0 Å². The molecule has 0 aliphatic carbocycles. The topological polar surface area (TPSA) is 9.23 Å². The Balaban J connectivity index is 1.52. The van der Waals surface area contributed by atoms with Gasteiger partial charge in [0, 0.05) is 6.61 Å². The Kier molecular flexibility index (Phi) is 14.4. The van der Waals surface area contributed by atoms with Crippen molar-refractivity contribution in [3.8, 4) is 0 Å². The van der Waals surface area contributed by atoms with Crippen LogP contribution in [0.15, 0.2) is 60.7 Å². The summed E-state index contributed by atoms with van der Waals surface area (Å²) in [7, 11) is -2.11. The highest BCUT2D eigenvalue weighted by Gasteiger charge is 2.33. The van der Waals surface area contributed by atoms with Gasteiger partial charge in [-0.2, -0.15) is 0 Å². The molecule has 0 saturated heterocycles. The summed E-state index contributed by atoms with van der Waals surface area (Å²) in [6.07, 6.45) is 21.0. The maximum atomic E-state index is 6.65. The molecule has 32 heavy (non-hydrogen) atoms. The van der Waals surface area contributed by atoms with Gasteiger partial charge in [0.15, 0.2) is 0 Å². The van der Waals surface area contributed by atoms with Gasteiger partial charge >= 0.3 is 0 Å². The molecule has 0 aliphatic rings. The quantitative estimate of drug-likeness (QED) is 0.154. The zero-order chi connectivity index (χ0) is 22.7. The lowest BCUT2D eigenvalue weighted by Gasteiger charge is -2.28. The van der Waals surface area contributed by atoms with E-state index in [9.17, 15) is 0 Å². The first kappa shape index (κ1) is 26.9. The molecule has 178 valence electrons. The molecule has 2 heteroatoms. The molecule has 0 spiro atoms. The molecule has 0 atom stereocenters. The molecule has 0 radical (unpaired) electrons. The predicted octanol–water partition coefficient (Wildman–Crippen LogP) is 8.26. The van der Waals surface area contributed by atoms with Crippen LogP contribution in [0.5, 0.6) is 0 Å². The lowest BCUT2D eigenvalue weighted by Crippen LogP contribution is -2.58. The number of benzene rings is 2. The van der Waals surface area contributed by atoms with Crippen LogP contribution in [0.1, 0.15) is 103 Å². The Bertz CT molecular complexity index is 630. The van der Waals surface area contributed by atoms with Gasteiger partial charge < -0.3 is 4.43 Å². The Hall–Kier alpha value is -1.38. The van der Waals surface area contributed by atoms with Gasteiger partial charge in [-0.15, -0.1) is 0 Å². The largest absolute Gasteiger partial charge is 0.408 e. The highest BCUT2D eigenvalue weighted by molar-refractivity contribution is 6.96. The molecule has 0 bridgehead atoms. The maximum Gasteiger partial charge on any atom is 0.252 e. The van der Waals surface area contributed by atoms with Gasteiger partial charge in [-0.1, -0.05) is 157 Å². The summed E-state index contributed by atoms with van der Waals surface area (Å²) in [6, 6.07) is 21.7. The smallest absolute Gasteiger partial charge is 0.252 e. The van der Waals surface area contributed by atoms with Crippen molar-refractivity contribution in [1.82, 2.24) is 0 Å². The van der Waals surface area contributed by atoms with Crippen molar-refractivity contribution in [3.05, 3.63) is 60.7 Å². The van der Waals surface area contributed by atoms with E-state index in [0.717, 1.165) is 6.61 Å². The molecule has 0 N–H and O–H groups in total. The Labute approximate surface area is 200 Å². The molecule has 0 fully saturated rings. The van der Waals surface area contributed by atoms with Gasteiger partial charge in [-0.3, -0.25) is 0 Å². The number of hydrogen-bond donors (Lipinski definition) is 0. The van der Waals surface area contributed by atoms with E-state index in [1.807, 2.05) is 0 Å². The van der Waals surface area contributed by atoms with Crippen LogP contribution in [0.4, 0.5) is 0 Å². The molecule has 1 nitrogen and oxygen atoms in total. The summed E-state index contributed by atoms with van der Waals surface area (Å²) in [5, 5.41) is 2.74. The fraction of sp³-hybridized carbons (Fsp3) is 0.600. The zero-order valence-corrected chi connectivity index (χ0v) is 22.0. The van der Waals surface area contributed by atoms with E-state index in [0.29, 0.717) is 0 Å². The molecule has 2 aromatic carbocycles. The van der Waals surface area contributed by atoms with Gasteiger partial charge in [-0.25, -0.2) is 0 Å². The second-order valence-electron chi connectivity index (χ2n) is 9.56. The summed E-state index contributed by atoms with van der Waals surface area (Å²) in [4.78, 5) is 0. The van der Waals surface area contributed by atoms with Crippen LogP contribution in [0.25, 0.3) is 0 Å². The average molecular weight is 453 g/mol. The molecule has 0 heterocycles. The first-order valence-corrected chi connectivity index (χ1v) is 15.9. The van der Waals surface area contributed by atoms with Crippen molar-refractivity contribution in [1.29, 1.82) is 0 Å². The third-order valence-corrected chi connectivity index (χ3v) is 10.4. The van der Waals surface area contributed by atoms with Crippen LogP contribution in [0.3, 0.4) is 0 Å². The second kappa shape index (κ2) is 17.1. The minimum Gasteiger partial charge on any atom is -0.408 e. The van der Waals surface area contributed by atoms with Gasteiger partial charge in [0.05, 0.1) is 0 Å². The Morgan fingerprint density at radius 3 is 1.22 bits per heavy atom. The molecular formula is C30H48OSi. The number of unbranched alkanes of at least 4 members (excludes halogenated alkanes) is 14. The van der Waals surface area contributed by atoms with E-state index < -0.39 is 8.32 Å². The van der Waals surface area contributed by atoms with Crippen molar-refractivity contribution in [2.24, 2.45) is 0 Å². The van der Waals surface area contributed by atoms with Crippen molar-refractivity contribution >= 4 is 18.7 Å². The first-order chi connectivity index (χ1) is 15.8. The van der Waals surface area contributed by atoms with E-state index in [2.05, 4.69) is 74.1 Å².